The molecule has 0 aromatic carbocycles. The highest BCUT2D eigenvalue weighted by atomic mass is 35.5. The quantitative estimate of drug-likeness (QED) is 0.936. The van der Waals surface area contributed by atoms with Gasteiger partial charge in [-0.05, 0) is 20.8 Å². The van der Waals surface area contributed by atoms with Crippen molar-refractivity contribution in [1.29, 1.82) is 0 Å². The third kappa shape index (κ3) is 3.17. The zero-order chi connectivity index (χ0) is 13.1. The highest BCUT2D eigenvalue weighted by Crippen LogP contribution is 2.18. The maximum absolute atomic E-state index is 6.04. The van der Waals surface area contributed by atoms with Gasteiger partial charge in [-0.2, -0.15) is 0 Å². The molecule has 4 nitrogen and oxygen atoms in total. The van der Waals surface area contributed by atoms with Crippen molar-refractivity contribution in [1.82, 2.24) is 15.0 Å². The van der Waals surface area contributed by atoms with Crippen molar-refractivity contribution >= 4 is 28.8 Å². The molecule has 0 saturated heterocycles. The SMILES string of the molecule is Cc1csc(CCNc2nc(C)c(C)nc2Cl)n1. The first-order chi connectivity index (χ1) is 8.56. The zero-order valence-electron chi connectivity index (χ0n) is 10.6. The van der Waals surface area contributed by atoms with Gasteiger partial charge in [0.05, 0.1) is 16.4 Å². The monoisotopic (exact) mass is 282 g/mol. The third-order valence-corrected chi connectivity index (χ3v) is 3.85. The Morgan fingerprint density at radius 3 is 2.56 bits per heavy atom. The van der Waals surface area contributed by atoms with Gasteiger partial charge in [0.25, 0.3) is 0 Å². The van der Waals surface area contributed by atoms with Crippen LogP contribution >= 0.6 is 22.9 Å². The Labute approximate surface area is 115 Å². The van der Waals surface area contributed by atoms with E-state index in [2.05, 4.69) is 25.6 Å². The summed E-state index contributed by atoms with van der Waals surface area (Å²) in [5.41, 5.74) is 2.83. The summed E-state index contributed by atoms with van der Waals surface area (Å²) in [7, 11) is 0. The van der Waals surface area contributed by atoms with Crippen molar-refractivity contribution in [3.63, 3.8) is 0 Å². The summed E-state index contributed by atoms with van der Waals surface area (Å²) >= 11 is 7.71. The van der Waals surface area contributed by atoms with Gasteiger partial charge in [-0.1, -0.05) is 11.6 Å². The van der Waals surface area contributed by atoms with Gasteiger partial charge >= 0.3 is 0 Å². The van der Waals surface area contributed by atoms with Crippen LogP contribution in [0.5, 0.6) is 0 Å². The topological polar surface area (TPSA) is 50.7 Å². The molecule has 0 aliphatic carbocycles. The van der Waals surface area contributed by atoms with Crippen molar-refractivity contribution in [3.8, 4) is 0 Å². The minimum absolute atomic E-state index is 0.424. The minimum atomic E-state index is 0.424. The minimum Gasteiger partial charge on any atom is -0.367 e. The number of thiazole rings is 1. The summed E-state index contributed by atoms with van der Waals surface area (Å²) in [4.78, 5) is 13.0. The molecule has 2 aromatic heterocycles. The van der Waals surface area contributed by atoms with Crippen LogP contribution in [0.25, 0.3) is 0 Å². The van der Waals surface area contributed by atoms with Crippen molar-refractivity contribution in [2.24, 2.45) is 0 Å². The smallest absolute Gasteiger partial charge is 0.171 e. The van der Waals surface area contributed by atoms with Crippen LogP contribution in [0.1, 0.15) is 22.1 Å². The van der Waals surface area contributed by atoms with Gasteiger partial charge in [0.15, 0.2) is 11.0 Å². The average Bonchev–Trinajstić information content (AvgIpc) is 2.71. The molecule has 0 unspecified atom stereocenters. The summed E-state index contributed by atoms with van der Waals surface area (Å²) in [6.45, 7) is 6.58. The summed E-state index contributed by atoms with van der Waals surface area (Å²) in [6, 6.07) is 0. The van der Waals surface area contributed by atoms with Crippen LogP contribution in [0.4, 0.5) is 5.82 Å². The number of aryl methyl sites for hydroxylation is 3. The van der Waals surface area contributed by atoms with Gasteiger partial charge < -0.3 is 5.32 Å². The van der Waals surface area contributed by atoms with E-state index in [4.69, 9.17) is 11.6 Å². The van der Waals surface area contributed by atoms with Gasteiger partial charge in [-0.3, -0.25) is 0 Å². The lowest BCUT2D eigenvalue weighted by Crippen LogP contribution is -2.08. The molecule has 6 heteroatoms. The number of rotatable bonds is 4. The molecule has 0 spiro atoms. The van der Waals surface area contributed by atoms with E-state index in [1.165, 1.54) is 0 Å². The Kier molecular flexibility index (Phi) is 4.14. The molecule has 1 N–H and O–H groups in total. The maximum atomic E-state index is 6.04. The third-order valence-electron chi connectivity index (χ3n) is 2.56. The standard InChI is InChI=1S/C12H15ClN4S/c1-7-6-18-10(15-7)4-5-14-12-11(13)16-8(2)9(3)17-12/h6H,4-5H2,1-3H3,(H,14,17). The van der Waals surface area contributed by atoms with Gasteiger partial charge in [0.2, 0.25) is 0 Å². The fourth-order valence-electron chi connectivity index (χ4n) is 1.49. The first-order valence-corrected chi connectivity index (χ1v) is 6.97. The fourth-order valence-corrected chi connectivity index (χ4v) is 2.51. The Balaban J connectivity index is 1.96. The van der Waals surface area contributed by atoms with E-state index in [0.29, 0.717) is 11.0 Å². The van der Waals surface area contributed by atoms with Crippen molar-refractivity contribution in [2.75, 3.05) is 11.9 Å². The lowest BCUT2D eigenvalue weighted by Gasteiger charge is -2.08. The molecule has 0 amide bonds. The summed E-state index contributed by atoms with van der Waals surface area (Å²) < 4.78 is 0. The number of aromatic nitrogens is 3. The van der Waals surface area contributed by atoms with Gasteiger partial charge in [0.1, 0.15) is 0 Å². The number of halogens is 1. The largest absolute Gasteiger partial charge is 0.367 e. The Morgan fingerprint density at radius 2 is 1.89 bits per heavy atom. The Hall–Kier alpha value is -1.20. The number of nitrogens with zero attached hydrogens (tertiary/aromatic N) is 3. The molecule has 2 heterocycles. The van der Waals surface area contributed by atoms with Crippen LogP contribution in [-0.4, -0.2) is 21.5 Å². The number of hydrogen-bond donors (Lipinski definition) is 1. The van der Waals surface area contributed by atoms with Crippen molar-refractivity contribution in [3.05, 3.63) is 32.6 Å². The van der Waals surface area contributed by atoms with E-state index in [0.717, 1.165) is 35.1 Å². The first kappa shape index (κ1) is 13.2. The summed E-state index contributed by atoms with van der Waals surface area (Å²) in [5.74, 6) is 0.646. The molecule has 0 atom stereocenters. The fraction of sp³-hybridized carbons (Fsp3) is 0.417. The predicted molar refractivity (Wildman–Crippen MR) is 75.6 cm³/mol. The van der Waals surface area contributed by atoms with E-state index < -0.39 is 0 Å². The molecule has 0 aliphatic heterocycles. The molecule has 0 aliphatic rings. The Morgan fingerprint density at radius 1 is 1.17 bits per heavy atom. The highest BCUT2D eigenvalue weighted by Gasteiger charge is 2.06. The van der Waals surface area contributed by atoms with E-state index in [9.17, 15) is 0 Å². The normalized spacial score (nSPS) is 10.7. The Bertz CT molecular complexity index is 553. The molecule has 0 saturated carbocycles. The number of nitrogens with one attached hydrogen (secondary N) is 1. The van der Waals surface area contributed by atoms with Crippen LogP contribution in [0.3, 0.4) is 0 Å². The molecular weight excluding hydrogens is 268 g/mol. The van der Waals surface area contributed by atoms with Crippen LogP contribution in [0.15, 0.2) is 5.38 Å². The van der Waals surface area contributed by atoms with Gasteiger partial charge in [0, 0.05) is 24.0 Å². The summed E-state index contributed by atoms with van der Waals surface area (Å²) in [6.07, 6.45) is 0.865. The molecular formula is C12H15ClN4S. The second kappa shape index (κ2) is 5.63. The molecule has 0 bridgehead atoms. The summed E-state index contributed by atoms with van der Waals surface area (Å²) in [5, 5.41) is 6.80. The maximum Gasteiger partial charge on any atom is 0.171 e. The lowest BCUT2D eigenvalue weighted by molar-refractivity contribution is 0.960. The molecule has 2 aromatic rings. The lowest BCUT2D eigenvalue weighted by atomic mass is 10.3. The van der Waals surface area contributed by atoms with Crippen LogP contribution in [-0.2, 0) is 6.42 Å². The second-order valence-electron chi connectivity index (χ2n) is 4.09. The van der Waals surface area contributed by atoms with Crippen molar-refractivity contribution < 1.29 is 0 Å². The predicted octanol–water partition coefficient (Wildman–Crippen LogP) is 3.17. The van der Waals surface area contributed by atoms with E-state index in [1.54, 1.807) is 11.3 Å². The van der Waals surface area contributed by atoms with Gasteiger partial charge in [-0.25, -0.2) is 15.0 Å². The molecule has 0 fully saturated rings. The molecule has 0 radical (unpaired) electrons. The molecule has 96 valence electrons. The average molecular weight is 283 g/mol. The molecule has 18 heavy (non-hydrogen) atoms. The van der Waals surface area contributed by atoms with Gasteiger partial charge in [-0.15, -0.1) is 11.3 Å². The van der Waals surface area contributed by atoms with Crippen LogP contribution < -0.4 is 5.32 Å². The van der Waals surface area contributed by atoms with Crippen molar-refractivity contribution in [2.45, 2.75) is 27.2 Å². The number of hydrogen-bond acceptors (Lipinski definition) is 5. The van der Waals surface area contributed by atoms with E-state index >= 15 is 0 Å². The van der Waals surface area contributed by atoms with Crippen LogP contribution in [0.2, 0.25) is 5.15 Å². The van der Waals surface area contributed by atoms with Crippen LogP contribution in [0, 0.1) is 20.8 Å². The van der Waals surface area contributed by atoms with E-state index in [1.807, 2.05) is 20.8 Å². The second-order valence-corrected chi connectivity index (χ2v) is 5.39. The zero-order valence-corrected chi connectivity index (χ0v) is 12.2. The number of anilines is 1. The van der Waals surface area contributed by atoms with E-state index in [-0.39, 0.29) is 0 Å². The molecule has 2 rings (SSSR count). The highest BCUT2D eigenvalue weighted by molar-refractivity contribution is 7.09. The first-order valence-electron chi connectivity index (χ1n) is 5.72.